The molecular formula is C24H33N3O2. The third-order valence-electron chi connectivity index (χ3n) is 4.79. The lowest BCUT2D eigenvalue weighted by molar-refractivity contribution is -0.123. The van der Waals surface area contributed by atoms with Gasteiger partial charge in [-0.25, -0.2) is 0 Å². The molecule has 2 rings (SSSR count). The molecule has 0 radical (unpaired) electrons. The van der Waals surface area contributed by atoms with Crippen molar-refractivity contribution in [3.8, 4) is 12.1 Å². The Morgan fingerprint density at radius 1 is 1.34 bits per heavy atom. The Bertz CT molecular complexity index is 769. The first-order valence-electron chi connectivity index (χ1n) is 10.4. The summed E-state index contributed by atoms with van der Waals surface area (Å²) < 4.78 is 5.88. The van der Waals surface area contributed by atoms with E-state index in [1.165, 1.54) is 19.3 Å². The van der Waals surface area contributed by atoms with Crippen molar-refractivity contribution in [1.29, 1.82) is 10.5 Å². The average molecular weight is 396 g/mol. The highest BCUT2D eigenvalue weighted by molar-refractivity contribution is 5.83. The monoisotopic (exact) mass is 395 g/mol. The third-order valence-corrected chi connectivity index (χ3v) is 4.79. The maximum absolute atomic E-state index is 12.2. The van der Waals surface area contributed by atoms with Crippen LogP contribution in [0.25, 0.3) is 0 Å². The largest absolute Gasteiger partial charge is 0.458 e. The fraction of sp³-hybridized carbons (Fsp3) is 0.542. The van der Waals surface area contributed by atoms with Gasteiger partial charge in [0.15, 0.2) is 0 Å². The van der Waals surface area contributed by atoms with Gasteiger partial charge in [0.05, 0.1) is 24.5 Å². The number of hydrogen-bond donors (Lipinski definition) is 1. The van der Waals surface area contributed by atoms with Crippen LogP contribution in [0.4, 0.5) is 0 Å². The number of hydrogen-bond acceptors (Lipinski definition) is 4. The van der Waals surface area contributed by atoms with E-state index in [0.717, 1.165) is 5.92 Å². The van der Waals surface area contributed by atoms with E-state index in [4.69, 9.17) is 15.3 Å². The van der Waals surface area contributed by atoms with Gasteiger partial charge in [-0.2, -0.15) is 10.5 Å². The minimum Gasteiger partial charge on any atom is -0.458 e. The van der Waals surface area contributed by atoms with Crippen molar-refractivity contribution in [1.82, 2.24) is 5.32 Å². The van der Waals surface area contributed by atoms with E-state index in [0.29, 0.717) is 29.2 Å². The summed E-state index contributed by atoms with van der Waals surface area (Å²) in [6.45, 7) is 9.87. The fourth-order valence-electron chi connectivity index (χ4n) is 2.71. The molecule has 1 saturated carbocycles. The Labute approximate surface area is 175 Å². The zero-order chi connectivity index (χ0) is 21.8. The molecule has 0 spiro atoms. The van der Waals surface area contributed by atoms with Crippen molar-refractivity contribution < 1.29 is 9.53 Å². The summed E-state index contributed by atoms with van der Waals surface area (Å²) in [7, 11) is 0. The Morgan fingerprint density at radius 2 is 2.03 bits per heavy atom. The highest BCUT2D eigenvalue weighted by Gasteiger charge is 2.23. The van der Waals surface area contributed by atoms with Gasteiger partial charge in [-0.05, 0) is 49.5 Å². The van der Waals surface area contributed by atoms with Gasteiger partial charge in [-0.3, -0.25) is 4.79 Å². The number of nitrogens with one attached hydrogen (secondary N) is 1. The van der Waals surface area contributed by atoms with E-state index >= 15 is 0 Å². The zero-order valence-corrected chi connectivity index (χ0v) is 18.3. The maximum Gasteiger partial charge on any atom is 0.231 e. The Hall–Kier alpha value is -2.79. The topological polar surface area (TPSA) is 85.9 Å². The minimum atomic E-state index is -0.309. The molecule has 1 N–H and O–H groups in total. The van der Waals surface area contributed by atoms with Crippen LogP contribution in [0, 0.1) is 40.4 Å². The van der Waals surface area contributed by atoms with Gasteiger partial charge in [-0.1, -0.05) is 47.0 Å². The standard InChI is InChI=1S/C19H23N3O2.C5H10/c1-5-15(12-21)10-16(7-6-8-20)24-17-9-14(4)22-19(23)18(11-17)13(2)3;1-2-5-3-4-5/h7,9-11,13,18H,5-6H2,1-4H3,(H,22,23);5H,2-4H2,1H3/b15-10+,16-7+;. The smallest absolute Gasteiger partial charge is 0.231 e. The molecule has 5 nitrogen and oxygen atoms in total. The molecule has 1 unspecified atom stereocenters. The number of allylic oxidation sites excluding steroid dienone is 5. The van der Waals surface area contributed by atoms with Crippen molar-refractivity contribution in [2.45, 2.75) is 66.7 Å². The number of amides is 1. The fourth-order valence-corrected chi connectivity index (χ4v) is 2.71. The second-order valence-corrected chi connectivity index (χ2v) is 7.71. The summed E-state index contributed by atoms with van der Waals surface area (Å²) >= 11 is 0. The van der Waals surface area contributed by atoms with Crippen LogP contribution >= 0.6 is 0 Å². The van der Waals surface area contributed by atoms with Gasteiger partial charge in [0.2, 0.25) is 5.91 Å². The van der Waals surface area contributed by atoms with Crippen LogP contribution in [0.3, 0.4) is 0 Å². The lowest BCUT2D eigenvalue weighted by Crippen LogP contribution is -2.30. The summed E-state index contributed by atoms with van der Waals surface area (Å²) in [5.74, 6) is 1.84. The number of rotatable bonds is 7. The summed E-state index contributed by atoms with van der Waals surface area (Å²) in [5.41, 5.74) is 1.25. The molecule has 0 saturated heterocycles. The molecule has 1 amide bonds. The molecule has 1 atom stereocenters. The van der Waals surface area contributed by atoms with Crippen LogP contribution < -0.4 is 5.32 Å². The summed E-state index contributed by atoms with van der Waals surface area (Å²) in [6.07, 6.45) is 12.0. The Balaban J connectivity index is 0.000000726. The molecule has 1 heterocycles. The van der Waals surface area contributed by atoms with Gasteiger partial charge in [0.25, 0.3) is 0 Å². The van der Waals surface area contributed by atoms with Crippen LogP contribution in [0.5, 0.6) is 0 Å². The molecule has 0 aromatic heterocycles. The van der Waals surface area contributed by atoms with Gasteiger partial charge < -0.3 is 10.1 Å². The minimum absolute atomic E-state index is 0.0679. The molecule has 29 heavy (non-hydrogen) atoms. The summed E-state index contributed by atoms with van der Waals surface area (Å²) in [5, 5.41) is 20.7. The van der Waals surface area contributed by atoms with Gasteiger partial charge >= 0.3 is 0 Å². The Morgan fingerprint density at radius 3 is 2.48 bits per heavy atom. The Kier molecular flexibility index (Phi) is 10.6. The first kappa shape index (κ1) is 24.2. The number of carbonyl (C=O) groups is 1. The summed E-state index contributed by atoms with van der Waals surface area (Å²) in [4.78, 5) is 12.2. The molecular weight excluding hydrogens is 362 g/mol. The van der Waals surface area contributed by atoms with Crippen molar-refractivity contribution in [2.75, 3.05) is 0 Å². The van der Waals surface area contributed by atoms with E-state index in [-0.39, 0.29) is 24.2 Å². The van der Waals surface area contributed by atoms with Crippen molar-refractivity contribution in [2.24, 2.45) is 17.8 Å². The molecule has 1 aliphatic heterocycles. The second-order valence-electron chi connectivity index (χ2n) is 7.71. The van der Waals surface area contributed by atoms with E-state index in [1.54, 1.807) is 31.2 Å². The predicted molar refractivity (Wildman–Crippen MR) is 115 cm³/mol. The zero-order valence-electron chi connectivity index (χ0n) is 18.3. The van der Waals surface area contributed by atoms with E-state index in [9.17, 15) is 4.79 Å². The van der Waals surface area contributed by atoms with E-state index < -0.39 is 0 Å². The van der Waals surface area contributed by atoms with Crippen LogP contribution in [0.1, 0.15) is 66.7 Å². The van der Waals surface area contributed by atoms with Gasteiger partial charge in [0.1, 0.15) is 11.5 Å². The maximum atomic E-state index is 12.2. The molecule has 156 valence electrons. The highest BCUT2D eigenvalue weighted by atomic mass is 16.5. The summed E-state index contributed by atoms with van der Waals surface area (Å²) in [6, 6.07) is 4.14. The lowest BCUT2D eigenvalue weighted by atomic mass is 9.94. The molecule has 0 aromatic rings. The molecule has 0 aromatic carbocycles. The normalized spacial score (nSPS) is 19.6. The van der Waals surface area contributed by atoms with Crippen molar-refractivity contribution in [3.05, 3.63) is 47.1 Å². The van der Waals surface area contributed by atoms with Crippen LogP contribution in [-0.2, 0) is 9.53 Å². The van der Waals surface area contributed by atoms with Crippen LogP contribution in [-0.4, -0.2) is 5.91 Å². The predicted octanol–water partition coefficient (Wildman–Crippen LogP) is 5.66. The van der Waals surface area contributed by atoms with E-state index in [2.05, 4.69) is 18.3 Å². The number of nitrogens with zero attached hydrogens (tertiary/aromatic N) is 2. The van der Waals surface area contributed by atoms with E-state index in [1.807, 2.05) is 26.8 Å². The first-order chi connectivity index (χ1) is 13.8. The molecule has 0 bridgehead atoms. The second kappa shape index (κ2) is 12.6. The first-order valence-corrected chi connectivity index (χ1v) is 10.4. The molecule has 5 heteroatoms. The quantitative estimate of drug-likeness (QED) is 0.342. The average Bonchev–Trinajstić information content (AvgIpc) is 3.52. The number of nitriles is 2. The lowest BCUT2D eigenvalue weighted by Gasteiger charge is -2.15. The van der Waals surface area contributed by atoms with Crippen LogP contribution in [0.2, 0.25) is 0 Å². The van der Waals surface area contributed by atoms with Crippen molar-refractivity contribution >= 4 is 5.91 Å². The number of carbonyl (C=O) groups excluding carboxylic acids is 1. The van der Waals surface area contributed by atoms with Crippen LogP contribution in [0.15, 0.2) is 47.1 Å². The molecule has 2 aliphatic rings. The highest BCUT2D eigenvalue weighted by Crippen LogP contribution is 2.31. The third kappa shape index (κ3) is 9.30. The molecule has 1 aliphatic carbocycles. The number of ether oxygens (including phenoxy) is 1. The van der Waals surface area contributed by atoms with Gasteiger partial charge in [0, 0.05) is 11.3 Å². The van der Waals surface area contributed by atoms with Crippen molar-refractivity contribution in [3.63, 3.8) is 0 Å². The molecule has 1 fully saturated rings. The SMILES string of the molecule is CC/C(C#N)=C\C(=C/CC#N)OC1=CC(C(C)C)C(=O)NC(C)=C1.CCC1CC1. The van der Waals surface area contributed by atoms with Gasteiger partial charge in [-0.15, -0.1) is 0 Å².